The molecule has 0 aromatic heterocycles. The zero-order valence-corrected chi connectivity index (χ0v) is 10.6. The molecule has 0 saturated heterocycles. The predicted octanol–water partition coefficient (Wildman–Crippen LogP) is 1.28. The summed E-state index contributed by atoms with van der Waals surface area (Å²) in [4.78, 5) is 11.1. The minimum atomic E-state index is 0. The van der Waals surface area contributed by atoms with Crippen molar-refractivity contribution in [3.05, 3.63) is 0 Å². The second-order valence-electron chi connectivity index (χ2n) is 2.90. The Hall–Kier alpha value is 0.0700. The Morgan fingerprint density at radius 3 is 2.57 bits per heavy atom. The molecular formula is C9H21ClN2OS. The number of rotatable bonds is 8. The maximum atomic E-state index is 11.1. The first-order valence-electron chi connectivity index (χ1n) is 4.71. The lowest BCUT2D eigenvalue weighted by molar-refractivity contribution is -0.121. The molecule has 0 spiro atoms. The number of thioether (sulfide) groups is 1. The largest absolute Gasteiger partial charge is 0.356 e. The first kappa shape index (κ1) is 16.5. The van der Waals surface area contributed by atoms with Crippen molar-refractivity contribution in [3.63, 3.8) is 0 Å². The number of carbonyl (C=O) groups is 1. The molecule has 0 aliphatic heterocycles. The van der Waals surface area contributed by atoms with Gasteiger partial charge in [-0.15, -0.1) is 12.4 Å². The molecule has 2 N–H and O–H groups in total. The van der Waals surface area contributed by atoms with Crippen LogP contribution >= 0.6 is 24.2 Å². The Bertz CT molecular complexity index is 136. The highest BCUT2D eigenvalue weighted by Crippen LogP contribution is 1.94. The maximum Gasteiger partial charge on any atom is 0.220 e. The Balaban J connectivity index is 0. The van der Waals surface area contributed by atoms with Gasteiger partial charge >= 0.3 is 0 Å². The van der Waals surface area contributed by atoms with E-state index in [-0.39, 0.29) is 18.3 Å². The van der Waals surface area contributed by atoms with Gasteiger partial charge in [-0.25, -0.2) is 0 Å². The van der Waals surface area contributed by atoms with E-state index in [1.54, 1.807) is 0 Å². The predicted molar refractivity (Wildman–Crippen MR) is 66.4 cm³/mol. The standard InChI is InChI=1S/C9H20N2OS.ClH/c1-10-6-3-5-9(12)11-7-4-8-13-2;/h10H,3-8H2,1-2H3,(H,11,12);1H. The Morgan fingerprint density at radius 1 is 1.29 bits per heavy atom. The summed E-state index contributed by atoms with van der Waals surface area (Å²) in [6, 6.07) is 0. The van der Waals surface area contributed by atoms with Crippen molar-refractivity contribution in [2.75, 3.05) is 32.1 Å². The van der Waals surface area contributed by atoms with Crippen LogP contribution in [0, 0.1) is 0 Å². The third-order valence-corrected chi connectivity index (χ3v) is 2.37. The second kappa shape index (κ2) is 13.1. The van der Waals surface area contributed by atoms with Gasteiger partial charge in [-0.2, -0.15) is 11.8 Å². The first-order chi connectivity index (χ1) is 6.31. The topological polar surface area (TPSA) is 41.1 Å². The second-order valence-corrected chi connectivity index (χ2v) is 3.89. The fourth-order valence-electron chi connectivity index (χ4n) is 0.958. The van der Waals surface area contributed by atoms with E-state index in [1.807, 2.05) is 18.8 Å². The number of nitrogens with one attached hydrogen (secondary N) is 2. The Kier molecular flexibility index (Phi) is 15.4. The molecular weight excluding hydrogens is 220 g/mol. The fourth-order valence-corrected chi connectivity index (χ4v) is 1.39. The van der Waals surface area contributed by atoms with E-state index in [9.17, 15) is 4.79 Å². The summed E-state index contributed by atoms with van der Waals surface area (Å²) < 4.78 is 0. The minimum absolute atomic E-state index is 0. The van der Waals surface area contributed by atoms with Gasteiger partial charge in [0.05, 0.1) is 0 Å². The lowest BCUT2D eigenvalue weighted by atomic mass is 10.3. The molecule has 5 heteroatoms. The zero-order valence-electron chi connectivity index (χ0n) is 8.97. The monoisotopic (exact) mass is 240 g/mol. The highest BCUT2D eigenvalue weighted by Gasteiger charge is 1.98. The number of hydrogen-bond acceptors (Lipinski definition) is 3. The van der Waals surface area contributed by atoms with E-state index in [0.29, 0.717) is 6.42 Å². The number of carbonyl (C=O) groups excluding carboxylic acids is 1. The van der Waals surface area contributed by atoms with Crippen LogP contribution in [0.15, 0.2) is 0 Å². The van der Waals surface area contributed by atoms with Gasteiger partial charge in [0.25, 0.3) is 0 Å². The molecule has 86 valence electrons. The van der Waals surface area contributed by atoms with Crippen LogP contribution in [0.2, 0.25) is 0 Å². The molecule has 0 fully saturated rings. The molecule has 0 saturated carbocycles. The molecule has 3 nitrogen and oxygen atoms in total. The molecule has 0 aliphatic rings. The van der Waals surface area contributed by atoms with Crippen LogP contribution in [-0.4, -0.2) is 38.1 Å². The van der Waals surface area contributed by atoms with Gasteiger partial charge in [-0.3, -0.25) is 4.79 Å². The van der Waals surface area contributed by atoms with Crippen molar-refractivity contribution < 1.29 is 4.79 Å². The number of hydrogen-bond donors (Lipinski definition) is 2. The van der Waals surface area contributed by atoms with Crippen LogP contribution in [0.4, 0.5) is 0 Å². The van der Waals surface area contributed by atoms with Crippen molar-refractivity contribution in [1.82, 2.24) is 10.6 Å². The SMILES string of the molecule is CNCCCC(=O)NCCCSC.Cl. The van der Waals surface area contributed by atoms with Crippen LogP contribution in [-0.2, 0) is 4.79 Å². The van der Waals surface area contributed by atoms with Crippen LogP contribution < -0.4 is 10.6 Å². The van der Waals surface area contributed by atoms with E-state index in [4.69, 9.17) is 0 Å². The smallest absolute Gasteiger partial charge is 0.220 e. The van der Waals surface area contributed by atoms with Crippen molar-refractivity contribution in [2.24, 2.45) is 0 Å². The molecule has 0 heterocycles. The molecule has 0 radical (unpaired) electrons. The summed E-state index contributed by atoms with van der Waals surface area (Å²) in [6.07, 6.45) is 4.71. The van der Waals surface area contributed by atoms with Gasteiger partial charge in [0.2, 0.25) is 5.91 Å². The van der Waals surface area contributed by atoms with Crippen LogP contribution in [0.5, 0.6) is 0 Å². The van der Waals surface area contributed by atoms with E-state index >= 15 is 0 Å². The van der Waals surface area contributed by atoms with Gasteiger partial charge in [0.1, 0.15) is 0 Å². The molecule has 14 heavy (non-hydrogen) atoms. The van der Waals surface area contributed by atoms with Crippen molar-refractivity contribution in [1.29, 1.82) is 0 Å². The average Bonchev–Trinajstić information content (AvgIpc) is 2.13. The fraction of sp³-hybridized carbons (Fsp3) is 0.889. The molecule has 0 aromatic carbocycles. The van der Waals surface area contributed by atoms with Crippen molar-refractivity contribution in [2.45, 2.75) is 19.3 Å². The molecule has 0 bridgehead atoms. The molecule has 0 aromatic rings. The zero-order chi connectivity index (χ0) is 9.94. The summed E-state index contributed by atoms with van der Waals surface area (Å²) in [6.45, 7) is 1.73. The lowest BCUT2D eigenvalue weighted by Gasteiger charge is -2.03. The Labute approximate surface area is 97.2 Å². The van der Waals surface area contributed by atoms with E-state index < -0.39 is 0 Å². The normalized spacial score (nSPS) is 9.29. The van der Waals surface area contributed by atoms with Crippen LogP contribution in [0.3, 0.4) is 0 Å². The van der Waals surface area contributed by atoms with Gasteiger partial charge < -0.3 is 10.6 Å². The first-order valence-corrected chi connectivity index (χ1v) is 6.11. The summed E-state index contributed by atoms with van der Waals surface area (Å²) in [5.74, 6) is 1.30. The summed E-state index contributed by atoms with van der Waals surface area (Å²) >= 11 is 1.81. The van der Waals surface area contributed by atoms with Gasteiger partial charge in [0.15, 0.2) is 0 Å². The molecule has 0 aliphatic carbocycles. The lowest BCUT2D eigenvalue weighted by Crippen LogP contribution is -2.25. The van der Waals surface area contributed by atoms with Gasteiger partial charge in [0, 0.05) is 13.0 Å². The summed E-state index contributed by atoms with van der Waals surface area (Å²) in [5, 5.41) is 5.91. The molecule has 0 atom stereocenters. The Morgan fingerprint density at radius 2 is 2.00 bits per heavy atom. The quantitative estimate of drug-likeness (QED) is 0.628. The molecule has 1 amide bonds. The van der Waals surface area contributed by atoms with Crippen molar-refractivity contribution >= 4 is 30.1 Å². The van der Waals surface area contributed by atoms with E-state index in [0.717, 1.165) is 31.7 Å². The van der Waals surface area contributed by atoms with Gasteiger partial charge in [-0.05, 0) is 38.4 Å². The van der Waals surface area contributed by atoms with Crippen LogP contribution in [0.1, 0.15) is 19.3 Å². The molecule has 0 unspecified atom stereocenters. The van der Waals surface area contributed by atoms with E-state index in [2.05, 4.69) is 16.9 Å². The third-order valence-electron chi connectivity index (χ3n) is 1.68. The number of amides is 1. The third kappa shape index (κ3) is 12.1. The highest BCUT2D eigenvalue weighted by atomic mass is 35.5. The minimum Gasteiger partial charge on any atom is -0.356 e. The number of halogens is 1. The van der Waals surface area contributed by atoms with Crippen molar-refractivity contribution in [3.8, 4) is 0 Å². The van der Waals surface area contributed by atoms with E-state index in [1.165, 1.54) is 0 Å². The van der Waals surface area contributed by atoms with Gasteiger partial charge in [-0.1, -0.05) is 0 Å². The van der Waals surface area contributed by atoms with Crippen LogP contribution in [0.25, 0.3) is 0 Å². The molecule has 0 rings (SSSR count). The summed E-state index contributed by atoms with van der Waals surface area (Å²) in [7, 11) is 1.90. The maximum absolute atomic E-state index is 11.1. The highest BCUT2D eigenvalue weighted by molar-refractivity contribution is 7.98. The average molecular weight is 241 g/mol. The summed E-state index contributed by atoms with van der Waals surface area (Å²) in [5.41, 5.74) is 0.